The number of hydrogen-bond acceptors (Lipinski definition) is 20. The fourth-order valence-electron chi connectivity index (χ4n) is 19.0. The molecule has 668 valence electrons. The van der Waals surface area contributed by atoms with Crippen molar-refractivity contribution in [1.82, 2.24) is 128 Å². The molecule has 3 aliphatic heterocycles. The lowest BCUT2D eigenvalue weighted by molar-refractivity contribution is 0.107. The fourth-order valence-corrected chi connectivity index (χ4v) is 20.7. The SMILES string of the molecule is CO[C@@H]1CCN(CCn2nc(-c3cccn3C)c3c(Cl)c(-c4ccccc4)nnc32)C1.Cc1nn(C2C[C@H]3CC[C@@H](C2)C3)c2nnc(-c3ccccc3)c(Cl)c12.Cc1nn(CCN2CCCC2)c2nnc(-c3ccccc3)c(Cl)c12.Cn1cncc1Cn1nc(-c2cccn2C)c2c(Cl)c(-c3ccccc3)nnc21.Cn1nc(N2CCCC2)c2c(Cl)c(-c3ccccc3)nnc21. The Hall–Kier alpha value is -12.3. The van der Waals surface area contributed by atoms with Crippen molar-refractivity contribution in [1.29, 1.82) is 0 Å². The minimum Gasteiger partial charge on any atom is -0.380 e. The molecular formula is C98H100Cl5N27O. The molecule has 0 N–H and O–H groups in total. The van der Waals surface area contributed by atoms with E-state index in [4.69, 9.17) is 78.0 Å². The number of likely N-dealkylation sites (tertiary alicyclic amines) is 2. The molecule has 2 aliphatic carbocycles. The van der Waals surface area contributed by atoms with Crippen LogP contribution in [0.4, 0.5) is 5.82 Å². The number of hydrogen-bond donors (Lipinski definition) is 0. The predicted molar refractivity (Wildman–Crippen MR) is 519 cm³/mol. The number of fused-ring (bicyclic) bond motifs is 7. The van der Waals surface area contributed by atoms with Crippen LogP contribution >= 0.6 is 58.0 Å². The molecule has 2 saturated carbocycles. The summed E-state index contributed by atoms with van der Waals surface area (Å²) in [6.07, 6.45) is 20.5. The number of methoxy groups -OCH3 is 1. The number of imidazole rings is 1. The van der Waals surface area contributed by atoms with Gasteiger partial charge in [0.25, 0.3) is 0 Å². The zero-order valence-electron chi connectivity index (χ0n) is 74.1. The molecule has 16 heterocycles. The lowest BCUT2D eigenvalue weighted by Gasteiger charge is -2.28. The standard InChI is InChI=1S/C23H25ClN6O.C21H18ClN7.C20H21ClN4.C18H20ClN5.C16H16ClN5/c1-28-11-6-9-18(28)22-19-20(24)21(16-7-4-3-5-8-16)25-26-23(19)30(27-22)14-13-29-12-10-17(15-29)31-2;1-27-10-6-9-16(27)20-17-18(22)19(14-7-4-3-5-8-14)24-25-21(17)29(26-20)12-15-11-23-13-28(15)2;1-12-17-18(21)19(15-5-3-2-4-6-15)22-23-20(17)25(24-12)16-10-13-7-8-14(9-13)11-16;1-13-15-16(19)17(14-7-3-2-4-8-14)20-21-18(15)24(22-13)12-11-23-9-5-6-10-23;1-21-15-12(16(20-21)22-9-5-6-10-22)13(17)14(18-19-15)11-7-3-2-4-8-11/h3-9,11,17H,10,12-15H2,1-2H3;3-11,13H,12H2,1-2H3;2-6,13-14,16H,7-11H2,1H3;2-4,7-8H,5-6,9-12H2,1H3;2-4,7-8H,5-6,9-10H2,1H3/t17-;;13-,14+,16?;;/m1..../s1. The molecule has 13 aromatic heterocycles. The number of ether oxygens (including phenoxy) is 1. The van der Waals surface area contributed by atoms with E-state index in [1.54, 1.807) is 18.1 Å². The second-order valence-corrected chi connectivity index (χ2v) is 36.3. The highest BCUT2D eigenvalue weighted by Crippen LogP contribution is 2.49. The molecule has 28 nitrogen and oxygen atoms in total. The van der Waals surface area contributed by atoms with Crippen LogP contribution in [0.2, 0.25) is 25.1 Å². The highest BCUT2D eigenvalue weighted by molar-refractivity contribution is 6.40. The number of halogens is 5. The lowest BCUT2D eigenvalue weighted by atomic mass is 9.85. The summed E-state index contributed by atoms with van der Waals surface area (Å²) < 4.78 is 21.1. The molecule has 0 spiro atoms. The van der Waals surface area contributed by atoms with Crippen molar-refractivity contribution in [2.75, 3.05) is 64.4 Å². The summed E-state index contributed by atoms with van der Waals surface area (Å²) in [4.78, 5) is 11.3. The van der Waals surface area contributed by atoms with Gasteiger partial charge in [-0.3, -0.25) is 4.90 Å². The van der Waals surface area contributed by atoms with Gasteiger partial charge in [-0.15, -0.1) is 51.0 Å². The monoisotopic (exact) mass is 1850 g/mol. The van der Waals surface area contributed by atoms with Gasteiger partial charge in [-0.1, -0.05) is 223 Å². The Kier molecular flexibility index (Phi) is 26.2. The zero-order chi connectivity index (χ0) is 89.9. The van der Waals surface area contributed by atoms with Gasteiger partial charge in [0.15, 0.2) is 34.1 Å². The fraction of sp³-hybridized carbons (Fsp3) is 0.327. The van der Waals surface area contributed by atoms with Gasteiger partial charge < -0.3 is 28.2 Å². The molecule has 23 rings (SSSR count). The van der Waals surface area contributed by atoms with E-state index in [-0.39, 0.29) is 0 Å². The number of rotatable bonds is 18. The molecule has 4 atom stereocenters. The highest BCUT2D eigenvalue weighted by Gasteiger charge is 2.37. The third kappa shape index (κ3) is 18.2. The Morgan fingerprint density at radius 2 is 0.779 bits per heavy atom. The quantitative estimate of drug-likeness (QED) is 0.0772. The predicted octanol–water partition coefficient (Wildman–Crippen LogP) is 19.8. The molecule has 5 aromatic carbocycles. The third-order valence-electron chi connectivity index (χ3n) is 25.8. The van der Waals surface area contributed by atoms with Gasteiger partial charge in [-0.25, -0.2) is 28.4 Å². The molecule has 18 aromatic rings. The van der Waals surface area contributed by atoms with E-state index in [0.717, 1.165) is 187 Å². The van der Waals surface area contributed by atoms with E-state index in [9.17, 15) is 0 Å². The average molecular weight is 1850 g/mol. The molecule has 5 aliphatic rings. The summed E-state index contributed by atoms with van der Waals surface area (Å²) in [6.45, 7) is 14.3. The summed E-state index contributed by atoms with van der Waals surface area (Å²) in [7, 11) is 9.62. The Bertz CT molecular complexity index is 7050. The molecular weight excluding hydrogens is 1750 g/mol. The lowest BCUT2D eigenvalue weighted by Crippen LogP contribution is -2.27. The Balaban J connectivity index is 0.000000106. The van der Waals surface area contributed by atoms with Crippen LogP contribution in [0.15, 0.2) is 201 Å². The summed E-state index contributed by atoms with van der Waals surface area (Å²) in [5.41, 5.74) is 18.4. The first-order chi connectivity index (χ1) is 64.0. The van der Waals surface area contributed by atoms with E-state index in [1.807, 2.05) is 254 Å². The molecule has 2 bridgehead atoms. The second-order valence-electron chi connectivity index (χ2n) is 34.4. The van der Waals surface area contributed by atoms with Crippen LogP contribution in [-0.2, 0) is 52.6 Å². The molecule has 3 saturated heterocycles. The Labute approximate surface area is 783 Å². The summed E-state index contributed by atoms with van der Waals surface area (Å²) >= 11 is 33.9. The van der Waals surface area contributed by atoms with Crippen molar-refractivity contribution in [3.05, 3.63) is 243 Å². The van der Waals surface area contributed by atoms with Gasteiger partial charge >= 0.3 is 0 Å². The van der Waals surface area contributed by atoms with Crippen molar-refractivity contribution in [2.45, 2.75) is 110 Å². The van der Waals surface area contributed by atoms with Crippen molar-refractivity contribution in [3.8, 4) is 79.1 Å². The smallest absolute Gasteiger partial charge is 0.183 e. The number of nitrogens with zero attached hydrogens (tertiary/aromatic N) is 27. The molecule has 0 radical (unpaired) electrons. The molecule has 1 unspecified atom stereocenters. The van der Waals surface area contributed by atoms with Crippen molar-refractivity contribution >= 4 is 119 Å². The van der Waals surface area contributed by atoms with E-state index in [2.05, 4.69) is 96.2 Å². The molecule has 5 fully saturated rings. The normalized spacial score (nSPS) is 16.8. The van der Waals surface area contributed by atoms with Crippen LogP contribution < -0.4 is 4.90 Å². The van der Waals surface area contributed by atoms with Gasteiger partial charge in [-0.05, 0) is 114 Å². The van der Waals surface area contributed by atoms with Crippen LogP contribution in [-0.4, -0.2) is 194 Å². The maximum absolute atomic E-state index is 6.94. The zero-order valence-corrected chi connectivity index (χ0v) is 77.9. The van der Waals surface area contributed by atoms with Crippen LogP contribution in [0.1, 0.15) is 87.3 Å². The van der Waals surface area contributed by atoms with Crippen molar-refractivity contribution in [3.63, 3.8) is 0 Å². The number of aryl methyl sites for hydroxylation is 6. The minimum absolute atomic E-state index is 0.316. The van der Waals surface area contributed by atoms with Gasteiger partial charge in [-0.2, -0.15) is 25.5 Å². The maximum Gasteiger partial charge on any atom is 0.183 e. The number of benzene rings is 5. The second kappa shape index (κ2) is 39.0. The van der Waals surface area contributed by atoms with Gasteiger partial charge in [0.2, 0.25) is 0 Å². The molecule has 0 amide bonds. The van der Waals surface area contributed by atoms with Gasteiger partial charge in [0.05, 0.1) is 125 Å². The maximum atomic E-state index is 6.94. The summed E-state index contributed by atoms with van der Waals surface area (Å²) in [6, 6.07) is 58.1. The Morgan fingerprint density at radius 1 is 0.366 bits per heavy atom. The summed E-state index contributed by atoms with van der Waals surface area (Å²) in [5, 5.41) is 75.9. The molecule has 33 heteroatoms. The number of anilines is 1. The van der Waals surface area contributed by atoms with Gasteiger partial charge in [0, 0.05) is 115 Å². The summed E-state index contributed by atoms with van der Waals surface area (Å²) in [5.74, 6) is 2.64. The van der Waals surface area contributed by atoms with Crippen LogP contribution in [0.3, 0.4) is 0 Å². The van der Waals surface area contributed by atoms with Crippen LogP contribution in [0.25, 0.3) is 134 Å². The van der Waals surface area contributed by atoms with E-state index in [0.29, 0.717) is 84.4 Å². The van der Waals surface area contributed by atoms with Crippen LogP contribution in [0.5, 0.6) is 0 Å². The van der Waals surface area contributed by atoms with Crippen LogP contribution in [0, 0.1) is 25.7 Å². The first-order valence-electron chi connectivity index (χ1n) is 44.7. The first-order valence-corrected chi connectivity index (χ1v) is 46.6. The van der Waals surface area contributed by atoms with E-state index in [1.165, 1.54) is 70.9 Å². The van der Waals surface area contributed by atoms with Crippen molar-refractivity contribution < 1.29 is 4.74 Å². The number of aromatic nitrogens is 24. The van der Waals surface area contributed by atoms with E-state index >= 15 is 0 Å². The van der Waals surface area contributed by atoms with Crippen molar-refractivity contribution in [2.24, 2.45) is 40.0 Å². The van der Waals surface area contributed by atoms with Gasteiger partial charge in [0.1, 0.15) is 39.9 Å². The average Bonchev–Trinajstić information content (AvgIpc) is 1.60. The first kappa shape index (κ1) is 88.0. The Morgan fingerprint density at radius 3 is 1.24 bits per heavy atom. The molecule has 131 heavy (non-hydrogen) atoms. The largest absolute Gasteiger partial charge is 0.380 e. The highest BCUT2D eigenvalue weighted by atomic mass is 35.5. The van der Waals surface area contributed by atoms with E-state index < -0.39 is 0 Å². The topological polar surface area (TPSA) is 265 Å². The minimum atomic E-state index is 0.316. The third-order valence-corrected chi connectivity index (χ3v) is 27.7.